The van der Waals surface area contributed by atoms with Crippen LogP contribution in [0.25, 0.3) is 11.0 Å². The number of ether oxygens (including phenoxy) is 1. The van der Waals surface area contributed by atoms with E-state index in [-0.39, 0.29) is 0 Å². The zero-order chi connectivity index (χ0) is 16.7. The molecule has 2 aliphatic rings. The van der Waals surface area contributed by atoms with Gasteiger partial charge in [0.15, 0.2) is 5.65 Å². The van der Waals surface area contributed by atoms with E-state index in [0.717, 1.165) is 49.4 Å². The Morgan fingerprint density at radius 2 is 2.04 bits per heavy atom. The van der Waals surface area contributed by atoms with Crippen LogP contribution >= 0.6 is 0 Å². The zero-order valence-corrected chi connectivity index (χ0v) is 14.3. The van der Waals surface area contributed by atoms with Gasteiger partial charge in [0.1, 0.15) is 5.82 Å². The first-order valence-corrected chi connectivity index (χ1v) is 8.50. The van der Waals surface area contributed by atoms with Crippen LogP contribution in [0.4, 0.5) is 11.8 Å². The monoisotopic (exact) mass is 328 g/mol. The number of anilines is 2. The first kappa shape index (κ1) is 15.5. The first-order valence-electron chi connectivity index (χ1n) is 8.50. The van der Waals surface area contributed by atoms with Crippen molar-refractivity contribution in [2.45, 2.75) is 20.3 Å². The average Bonchev–Trinajstić information content (AvgIpc) is 2.41. The quantitative estimate of drug-likeness (QED) is 0.801. The van der Waals surface area contributed by atoms with Gasteiger partial charge in [-0.1, -0.05) is 0 Å². The highest BCUT2D eigenvalue weighted by molar-refractivity contribution is 5.89. The van der Waals surface area contributed by atoms with Crippen LogP contribution in [0.2, 0.25) is 0 Å². The second kappa shape index (κ2) is 5.82. The molecule has 0 atom stereocenters. The Hall–Kier alpha value is -1.99. The molecule has 2 aromatic heterocycles. The second-order valence-corrected chi connectivity index (χ2v) is 7.20. The standard InChI is InChI=1S/C17H24N6O/c1-11-6-12(2)20-15-13(11)14(18)21-16(22-15)19-4-3-5-23-7-17(8-23)9-24-10-17/h6H,3-5,7-10H2,1-2H3,(H3,18,19,20,21,22). The van der Waals surface area contributed by atoms with Crippen molar-refractivity contribution in [3.05, 3.63) is 17.3 Å². The number of nitrogens with one attached hydrogen (secondary N) is 1. The van der Waals surface area contributed by atoms with Crippen LogP contribution < -0.4 is 11.1 Å². The number of aryl methyl sites for hydroxylation is 2. The molecule has 1 spiro atoms. The lowest BCUT2D eigenvalue weighted by atomic mass is 9.78. The summed E-state index contributed by atoms with van der Waals surface area (Å²) in [4.78, 5) is 15.8. The Kier molecular flexibility index (Phi) is 3.77. The molecule has 0 aromatic carbocycles. The number of pyridine rings is 1. The highest BCUT2D eigenvalue weighted by Crippen LogP contribution is 2.37. The Morgan fingerprint density at radius 3 is 2.75 bits per heavy atom. The number of nitrogens with zero attached hydrogens (tertiary/aromatic N) is 4. The molecule has 0 aliphatic carbocycles. The highest BCUT2D eigenvalue weighted by atomic mass is 16.5. The van der Waals surface area contributed by atoms with Crippen molar-refractivity contribution >= 4 is 22.8 Å². The molecule has 0 saturated carbocycles. The van der Waals surface area contributed by atoms with E-state index in [1.807, 2.05) is 19.9 Å². The number of hydrogen-bond donors (Lipinski definition) is 2. The zero-order valence-electron chi connectivity index (χ0n) is 14.3. The van der Waals surface area contributed by atoms with E-state index in [4.69, 9.17) is 10.5 Å². The third kappa shape index (κ3) is 2.78. The van der Waals surface area contributed by atoms with E-state index in [1.54, 1.807) is 0 Å². The fourth-order valence-electron chi connectivity index (χ4n) is 3.73. The highest BCUT2D eigenvalue weighted by Gasteiger charge is 2.48. The molecule has 7 nitrogen and oxygen atoms in total. The van der Waals surface area contributed by atoms with E-state index in [1.165, 1.54) is 13.1 Å². The van der Waals surface area contributed by atoms with Crippen molar-refractivity contribution in [2.24, 2.45) is 5.41 Å². The van der Waals surface area contributed by atoms with Crippen LogP contribution in [0.15, 0.2) is 6.07 Å². The minimum Gasteiger partial charge on any atom is -0.383 e. The van der Waals surface area contributed by atoms with E-state index in [0.29, 0.717) is 22.8 Å². The maximum Gasteiger partial charge on any atom is 0.226 e. The van der Waals surface area contributed by atoms with Crippen LogP contribution in [-0.4, -0.2) is 59.2 Å². The van der Waals surface area contributed by atoms with Gasteiger partial charge in [0.2, 0.25) is 5.95 Å². The molecular formula is C17H24N6O. The summed E-state index contributed by atoms with van der Waals surface area (Å²) in [5, 5.41) is 4.12. The van der Waals surface area contributed by atoms with Gasteiger partial charge in [-0.3, -0.25) is 0 Å². The van der Waals surface area contributed by atoms with Crippen LogP contribution in [-0.2, 0) is 4.74 Å². The summed E-state index contributed by atoms with van der Waals surface area (Å²) in [7, 11) is 0. The molecule has 2 aromatic rings. The molecule has 24 heavy (non-hydrogen) atoms. The molecule has 0 bridgehead atoms. The number of aromatic nitrogens is 3. The average molecular weight is 328 g/mol. The van der Waals surface area contributed by atoms with Crippen molar-refractivity contribution in [1.29, 1.82) is 0 Å². The smallest absolute Gasteiger partial charge is 0.226 e. The largest absolute Gasteiger partial charge is 0.383 e. The van der Waals surface area contributed by atoms with E-state index in [9.17, 15) is 0 Å². The minimum absolute atomic E-state index is 0.488. The minimum atomic E-state index is 0.488. The predicted octanol–water partition coefficient (Wildman–Crippen LogP) is 1.36. The van der Waals surface area contributed by atoms with Crippen molar-refractivity contribution < 1.29 is 4.74 Å². The van der Waals surface area contributed by atoms with E-state index < -0.39 is 0 Å². The van der Waals surface area contributed by atoms with Crippen LogP contribution in [0.5, 0.6) is 0 Å². The molecule has 2 aliphatic heterocycles. The maximum absolute atomic E-state index is 6.09. The van der Waals surface area contributed by atoms with E-state index >= 15 is 0 Å². The second-order valence-electron chi connectivity index (χ2n) is 7.20. The van der Waals surface area contributed by atoms with Crippen molar-refractivity contribution in [3.63, 3.8) is 0 Å². The van der Waals surface area contributed by atoms with Gasteiger partial charge in [-0.15, -0.1) is 0 Å². The number of rotatable bonds is 5. The predicted molar refractivity (Wildman–Crippen MR) is 94.0 cm³/mol. The first-order chi connectivity index (χ1) is 11.5. The van der Waals surface area contributed by atoms with Gasteiger partial charge in [-0.05, 0) is 38.4 Å². The lowest BCUT2D eigenvalue weighted by Gasteiger charge is -2.55. The molecule has 0 radical (unpaired) electrons. The molecular weight excluding hydrogens is 304 g/mol. The van der Waals surface area contributed by atoms with Gasteiger partial charge in [0.25, 0.3) is 0 Å². The Balaban J connectivity index is 1.33. The Morgan fingerprint density at radius 1 is 1.25 bits per heavy atom. The lowest BCUT2D eigenvalue weighted by Crippen LogP contribution is -2.65. The summed E-state index contributed by atoms with van der Waals surface area (Å²) in [6, 6.07) is 2.00. The summed E-state index contributed by atoms with van der Waals surface area (Å²) in [6.07, 6.45) is 1.05. The summed E-state index contributed by atoms with van der Waals surface area (Å²) >= 11 is 0. The van der Waals surface area contributed by atoms with Crippen molar-refractivity contribution in [2.75, 3.05) is 50.4 Å². The number of nitrogens with two attached hydrogens (primary N) is 1. The fourth-order valence-corrected chi connectivity index (χ4v) is 3.73. The lowest BCUT2D eigenvalue weighted by molar-refractivity contribution is -0.188. The summed E-state index contributed by atoms with van der Waals surface area (Å²) in [5.74, 6) is 1.05. The molecule has 2 fully saturated rings. The third-order valence-electron chi connectivity index (χ3n) is 4.89. The normalized spacial score (nSPS) is 19.2. The number of nitrogen functional groups attached to an aromatic ring is 1. The third-order valence-corrected chi connectivity index (χ3v) is 4.89. The number of hydrogen-bond acceptors (Lipinski definition) is 7. The molecule has 128 valence electrons. The van der Waals surface area contributed by atoms with Gasteiger partial charge in [-0.25, -0.2) is 4.98 Å². The molecule has 2 saturated heterocycles. The number of fused-ring (bicyclic) bond motifs is 1. The molecule has 7 heteroatoms. The maximum atomic E-state index is 6.09. The SMILES string of the molecule is Cc1cc(C)c2c(N)nc(NCCCN3CC4(COC4)C3)nc2n1. The van der Waals surface area contributed by atoms with Gasteiger partial charge in [-0.2, -0.15) is 9.97 Å². The van der Waals surface area contributed by atoms with Gasteiger partial charge < -0.3 is 20.7 Å². The Bertz CT molecular complexity index is 765. The molecule has 4 heterocycles. The molecule has 3 N–H and O–H groups in total. The van der Waals surface area contributed by atoms with Crippen molar-refractivity contribution in [1.82, 2.24) is 19.9 Å². The fraction of sp³-hybridized carbons (Fsp3) is 0.588. The molecule has 4 rings (SSSR count). The van der Waals surface area contributed by atoms with Crippen LogP contribution in [0.1, 0.15) is 17.7 Å². The van der Waals surface area contributed by atoms with Crippen LogP contribution in [0.3, 0.4) is 0 Å². The number of likely N-dealkylation sites (tertiary alicyclic amines) is 1. The van der Waals surface area contributed by atoms with Gasteiger partial charge >= 0.3 is 0 Å². The molecule has 0 amide bonds. The van der Waals surface area contributed by atoms with E-state index in [2.05, 4.69) is 25.2 Å². The molecule has 0 unspecified atom stereocenters. The summed E-state index contributed by atoms with van der Waals surface area (Å²) < 4.78 is 5.30. The Labute approximate surface area is 141 Å². The van der Waals surface area contributed by atoms with Gasteiger partial charge in [0, 0.05) is 30.7 Å². The summed E-state index contributed by atoms with van der Waals surface area (Å²) in [5.41, 5.74) is 9.25. The topological polar surface area (TPSA) is 89.2 Å². The van der Waals surface area contributed by atoms with Crippen LogP contribution in [0, 0.1) is 19.3 Å². The van der Waals surface area contributed by atoms with Crippen molar-refractivity contribution in [3.8, 4) is 0 Å². The van der Waals surface area contributed by atoms with Gasteiger partial charge in [0.05, 0.1) is 18.6 Å². The summed E-state index contributed by atoms with van der Waals surface area (Å²) in [6.45, 7) is 10.1.